The van der Waals surface area contributed by atoms with E-state index in [2.05, 4.69) is 28.7 Å². The lowest BCUT2D eigenvalue weighted by molar-refractivity contribution is -0.00493. The number of aliphatic hydroxyl groups excluding tert-OH is 1. The summed E-state index contributed by atoms with van der Waals surface area (Å²) in [6.45, 7) is 9.50. The number of hydrogen-bond donors (Lipinski definition) is 1. The molecule has 0 aromatic heterocycles. The molecule has 0 aromatic carbocycles. The molecule has 4 heteroatoms. The van der Waals surface area contributed by atoms with Crippen LogP contribution in [0.15, 0.2) is 0 Å². The van der Waals surface area contributed by atoms with Crippen molar-refractivity contribution < 1.29 is 5.11 Å². The average molecular weight is 255 g/mol. The fraction of sp³-hybridized carbons (Fsp3) is 1.00. The van der Waals surface area contributed by atoms with Gasteiger partial charge in [-0.3, -0.25) is 4.90 Å². The van der Waals surface area contributed by atoms with Crippen LogP contribution in [0.3, 0.4) is 0 Å². The Hall–Kier alpha value is -0.160. The van der Waals surface area contributed by atoms with Crippen molar-refractivity contribution in [2.45, 2.75) is 38.3 Å². The second-order valence-corrected chi connectivity index (χ2v) is 5.91. The summed E-state index contributed by atoms with van der Waals surface area (Å²) in [5.41, 5.74) is 0. The highest BCUT2D eigenvalue weighted by molar-refractivity contribution is 4.88. The van der Waals surface area contributed by atoms with Crippen LogP contribution >= 0.6 is 0 Å². The van der Waals surface area contributed by atoms with Gasteiger partial charge in [-0.25, -0.2) is 0 Å². The lowest BCUT2D eigenvalue weighted by Gasteiger charge is -2.46. The topological polar surface area (TPSA) is 30.0 Å². The van der Waals surface area contributed by atoms with E-state index in [0.717, 1.165) is 13.1 Å². The number of aliphatic hydroxyl groups is 1. The number of hydrogen-bond acceptors (Lipinski definition) is 4. The van der Waals surface area contributed by atoms with Gasteiger partial charge in [0.05, 0.1) is 6.61 Å². The van der Waals surface area contributed by atoms with Crippen LogP contribution in [0.2, 0.25) is 0 Å². The number of rotatable bonds is 4. The van der Waals surface area contributed by atoms with Gasteiger partial charge in [-0.15, -0.1) is 0 Å². The van der Waals surface area contributed by atoms with E-state index in [9.17, 15) is 5.11 Å². The molecule has 0 aliphatic carbocycles. The molecule has 0 spiro atoms. The summed E-state index contributed by atoms with van der Waals surface area (Å²) in [5, 5.41) is 9.65. The zero-order valence-electron chi connectivity index (χ0n) is 12.0. The van der Waals surface area contributed by atoms with Crippen molar-refractivity contribution in [3.8, 4) is 0 Å². The highest BCUT2D eigenvalue weighted by atomic mass is 16.3. The zero-order valence-corrected chi connectivity index (χ0v) is 12.0. The van der Waals surface area contributed by atoms with E-state index >= 15 is 0 Å². The Morgan fingerprint density at radius 1 is 1.11 bits per heavy atom. The van der Waals surface area contributed by atoms with Gasteiger partial charge >= 0.3 is 0 Å². The van der Waals surface area contributed by atoms with Gasteiger partial charge in [0, 0.05) is 31.7 Å². The SMILES string of the molecule is CCCN1CCN(C2CCN(C)CC2)C(CO)C1. The van der Waals surface area contributed by atoms with Crippen LogP contribution in [0.1, 0.15) is 26.2 Å². The van der Waals surface area contributed by atoms with E-state index in [1.165, 1.54) is 45.4 Å². The van der Waals surface area contributed by atoms with Crippen molar-refractivity contribution in [3.63, 3.8) is 0 Å². The molecule has 106 valence electrons. The quantitative estimate of drug-likeness (QED) is 0.791. The van der Waals surface area contributed by atoms with Crippen LogP contribution < -0.4 is 0 Å². The summed E-state index contributed by atoms with van der Waals surface area (Å²) < 4.78 is 0. The second kappa shape index (κ2) is 6.85. The van der Waals surface area contributed by atoms with Gasteiger partial charge in [0.1, 0.15) is 0 Å². The van der Waals surface area contributed by atoms with Gasteiger partial charge in [-0.05, 0) is 45.9 Å². The Balaban J connectivity index is 1.88. The minimum Gasteiger partial charge on any atom is -0.395 e. The van der Waals surface area contributed by atoms with Crippen molar-refractivity contribution in [2.75, 3.05) is 52.9 Å². The van der Waals surface area contributed by atoms with E-state index in [0.29, 0.717) is 18.7 Å². The zero-order chi connectivity index (χ0) is 13.0. The number of piperidine rings is 1. The van der Waals surface area contributed by atoms with Crippen LogP contribution in [-0.4, -0.2) is 84.8 Å². The summed E-state index contributed by atoms with van der Waals surface area (Å²) in [4.78, 5) is 7.50. The summed E-state index contributed by atoms with van der Waals surface area (Å²) in [6, 6.07) is 1.06. The van der Waals surface area contributed by atoms with Crippen LogP contribution in [0, 0.1) is 0 Å². The van der Waals surface area contributed by atoms with Gasteiger partial charge in [0.15, 0.2) is 0 Å². The summed E-state index contributed by atoms with van der Waals surface area (Å²) >= 11 is 0. The first-order chi connectivity index (χ1) is 8.74. The molecule has 0 aromatic rings. The third-order valence-electron chi connectivity index (χ3n) is 4.52. The Morgan fingerprint density at radius 2 is 1.83 bits per heavy atom. The first kappa shape index (κ1) is 14.3. The van der Waals surface area contributed by atoms with E-state index in [4.69, 9.17) is 0 Å². The smallest absolute Gasteiger partial charge is 0.0599 e. The fourth-order valence-electron chi connectivity index (χ4n) is 3.42. The third kappa shape index (κ3) is 3.44. The van der Waals surface area contributed by atoms with Crippen molar-refractivity contribution in [3.05, 3.63) is 0 Å². The number of likely N-dealkylation sites (tertiary alicyclic amines) is 1. The first-order valence-corrected chi connectivity index (χ1v) is 7.52. The molecule has 2 saturated heterocycles. The molecule has 4 nitrogen and oxygen atoms in total. The molecule has 1 N–H and O–H groups in total. The highest BCUT2D eigenvalue weighted by Crippen LogP contribution is 2.21. The lowest BCUT2D eigenvalue weighted by atomic mass is 10.00. The normalized spacial score (nSPS) is 29.8. The van der Waals surface area contributed by atoms with Gasteiger partial charge in [0.2, 0.25) is 0 Å². The van der Waals surface area contributed by atoms with E-state index < -0.39 is 0 Å². The largest absolute Gasteiger partial charge is 0.395 e. The Labute approximate surface area is 112 Å². The molecule has 2 heterocycles. The third-order valence-corrected chi connectivity index (χ3v) is 4.52. The Morgan fingerprint density at radius 3 is 2.44 bits per heavy atom. The van der Waals surface area contributed by atoms with E-state index in [1.54, 1.807) is 0 Å². The average Bonchev–Trinajstić information content (AvgIpc) is 2.40. The van der Waals surface area contributed by atoms with Crippen LogP contribution in [0.5, 0.6) is 0 Å². The maximum atomic E-state index is 9.65. The number of nitrogens with zero attached hydrogens (tertiary/aromatic N) is 3. The summed E-state index contributed by atoms with van der Waals surface area (Å²) in [7, 11) is 2.21. The molecule has 18 heavy (non-hydrogen) atoms. The molecule has 2 aliphatic heterocycles. The molecule has 1 unspecified atom stereocenters. The molecule has 0 saturated carbocycles. The maximum absolute atomic E-state index is 9.65. The number of piperazine rings is 1. The standard InChI is InChI=1S/C14H29N3O/c1-3-6-16-9-10-17(14(11-16)12-18)13-4-7-15(2)8-5-13/h13-14,18H,3-12H2,1-2H3. The van der Waals surface area contributed by atoms with Crippen molar-refractivity contribution in [1.29, 1.82) is 0 Å². The molecule has 2 rings (SSSR count). The molecule has 0 radical (unpaired) electrons. The molecule has 0 amide bonds. The van der Waals surface area contributed by atoms with Gasteiger partial charge in [-0.1, -0.05) is 6.92 Å². The Bertz CT molecular complexity index is 241. The lowest BCUT2D eigenvalue weighted by Crippen LogP contribution is -2.59. The first-order valence-electron chi connectivity index (χ1n) is 7.52. The van der Waals surface area contributed by atoms with Crippen molar-refractivity contribution >= 4 is 0 Å². The fourth-order valence-corrected chi connectivity index (χ4v) is 3.42. The second-order valence-electron chi connectivity index (χ2n) is 5.91. The van der Waals surface area contributed by atoms with Crippen molar-refractivity contribution in [1.82, 2.24) is 14.7 Å². The molecule has 0 bridgehead atoms. The molecular formula is C14H29N3O. The van der Waals surface area contributed by atoms with E-state index in [1.807, 2.05) is 0 Å². The van der Waals surface area contributed by atoms with Gasteiger partial charge in [-0.2, -0.15) is 0 Å². The monoisotopic (exact) mass is 255 g/mol. The molecule has 2 aliphatic rings. The summed E-state index contributed by atoms with van der Waals surface area (Å²) in [5.74, 6) is 0. The molecule has 2 fully saturated rings. The molecule has 1 atom stereocenters. The van der Waals surface area contributed by atoms with Gasteiger partial charge in [0.25, 0.3) is 0 Å². The predicted molar refractivity (Wildman–Crippen MR) is 74.8 cm³/mol. The van der Waals surface area contributed by atoms with Crippen LogP contribution in [-0.2, 0) is 0 Å². The van der Waals surface area contributed by atoms with Gasteiger partial charge < -0.3 is 14.9 Å². The summed E-state index contributed by atoms with van der Waals surface area (Å²) in [6.07, 6.45) is 3.74. The van der Waals surface area contributed by atoms with Crippen LogP contribution in [0.4, 0.5) is 0 Å². The highest BCUT2D eigenvalue weighted by Gasteiger charge is 2.32. The Kier molecular flexibility index (Phi) is 5.42. The van der Waals surface area contributed by atoms with Crippen LogP contribution in [0.25, 0.3) is 0 Å². The molecular weight excluding hydrogens is 226 g/mol. The maximum Gasteiger partial charge on any atom is 0.0599 e. The minimum absolute atomic E-state index is 0.312. The minimum atomic E-state index is 0.312. The predicted octanol–water partition coefficient (Wildman–Crippen LogP) is 0.469. The van der Waals surface area contributed by atoms with Crippen molar-refractivity contribution in [2.24, 2.45) is 0 Å². The van der Waals surface area contributed by atoms with E-state index in [-0.39, 0.29) is 0 Å².